The highest BCUT2D eigenvalue weighted by Crippen LogP contribution is 2.38. The zero-order chi connectivity index (χ0) is 22.3. The average Bonchev–Trinajstić information content (AvgIpc) is 2.80. The molecule has 0 spiro atoms. The molecule has 0 radical (unpaired) electrons. The summed E-state index contributed by atoms with van der Waals surface area (Å²) in [6, 6.07) is 14.7. The van der Waals surface area contributed by atoms with Crippen LogP contribution in [0.15, 0.2) is 90.5 Å². The van der Waals surface area contributed by atoms with E-state index >= 15 is 0 Å². The Labute approximate surface area is 184 Å². The first-order valence-electron chi connectivity index (χ1n) is 10.3. The normalized spacial score (nSPS) is 18.2. The van der Waals surface area contributed by atoms with Gasteiger partial charge < -0.3 is 11.1 Å². The smallest absolute Gasteiger partial charge is 0.248 e. The van der Waals surface area contributed by atoms with Crippen molar-refractivity contribution in [2.24, 2.45) is 5.73 Å². The predicted molar refractivity (Wildman–Crippen MR) is 123 cm³/mol. The lowest BCUT2D eigenvalue weighted by atomic mass is 9.74. The Morgan fingerprint density at radius 1 is 1.06 bits per heavy atom. The fraction of sp³-hybridized carbons (Fsp3) is 0.115. The van der Waals surface area contributed by atoms with Crippen molar-refractivity contribution in [3.63, 3.8) is 0 Å². The van der Waals surface area contributed by atoms with E-state index in [9.17, 15) is 9.18 Å². The molecule has 0 saturated heterocycles. The molecule has 3 heterocycles. The number of hydrogen-bond acceptors (Lipinski definition) is 4. The van der Waals surface area contributed by atoms with E-state index in [0.717, 1.165) is 32.9 Å². The molecule has 1 aliphatic heterocycles. The van der Waals surface area contributed by atoms with Crippen LogP contribution in [-0.4, -0.2) is 15.9 Å². The molecule has 2 aromatic heterocycles. The minimum atomic E-state index is -0.702. The minimum absolute atomic E-state index is 0.316. The number of carbonyl (C=O) groups is 1. The molecular formula is C26H21FN4O. The van der Waals surface area contributed by atoms with Crippen LogP contribution in [0.25, 0.3) is 21.7 Å². The van der Waals surface area contributed by atoms with Gasteiger partial charge in [0.2, 0.25) is 5.91 Å². The fourth-order valence-electron chi connectivity index (χ4n) is 4.47. The number of nitrogens with two attached hydrogens (primary N) is 1. The molecule has 1 unspecified atom stereocenters. The number of carbonyl (C=O) groups excluding carboxylic acids is 1. The van der Waals surface area contributed by atoms with Crippen LogP contribution >= 0.6 is 0 Å². The topological polar surface area (TPSA) is 80.9 Å². The quantitative estimate of drug-likeness (QED) is 0.512. The van der Waals surface area contributed by atoms with E-state index < -0.39 is 11.4 Å². The summed E-state index contributed by atoms with van der Waals surface area (Å²) < 4.78 is 13.6. The first kappa shape index (κ1) is 19.9. The van der Waals surface area contributed by atoms with Crippen molar-refractivity contribution in [1.29, 1.82) is 0 Å². The molecule has 5 rings (SSSR count). The standard InChI is InChI=1S/C26H21FN4O/c1-16-23(25(28)32)7-9-31-26(16,21-4-2-20-15-29-8-6-18(20)11-21)13-17-10-19-3-5-22(27)12-24(19)30-14-17/h2-12,14-15,31H,13H2,1H3,(H2,28,32). The summed E-state index contributed by atoms with van der Waals surface area (Å²) in [5, 5.41) is 6.44. The molecule has 5 nitrogen and oxygen atoms in total. The fourth-order valence-corrected chi connectivity index (χ4v) is 4.47. The molecular weight excluding hydrogens is 403 g/mol. The van der Waals surface area contributed by atoms with Gasteiger partial charge in [-0.1, -0.05) is 12.1 Å². The molecule has 158 valence electrons. The second-order valence-electron chi connectivity index (χ2n) is 8.08. The molecule has 1 atom stereocenters. The number of benzene rings is 2. The number of halogens is 1. The molecule has 0 bridgehead atoms. The Kier molecular flexibility index (Phi) is 4.70. The van der Waals surface area contributed by atoms with E-state index in [0.29, 0.717) is 17.5 Å². The van der Waals surface area contributed by atoms with Gasteiger partial charge in [-0.2, -0.15) is 0 Å². The lowest BCUT2D eigenvalue weighted by Crippen LogP contribution is -2.45. The third-order valence-electron chi connectivity index (χ3n) is 6.19. The van der Waals surface area contributed by atoms with Crippen LogP contribution in [0.3, 0.4) is 0 Å². The summed E-state index contributed by atoms with van der Waals surface area (Å²) in [6.07, 6.45) is 9.35. The predicted octanol–water partition coefficient (Wildman–Crippen LogP) is 4.28. The summed E-state index contributed by atoms with van der Waals surface area (Å²) in [5.74, 6) is -0.787. The van der Waals surface area contributed by atoms with Crippen molar-refractivity contribution in [2.45, 2.75) is 18.9 Å². The zero-order valence-electron chi connectivity index (χ0n) is 17.5. The van der Waals surface area contributed by atoms with Crippen molar-refractivity contribution in [1.82, 2.24) is 15.3 Å². The van der Waals surface area contributed by atoms with Gasteiger partial charge in [0, 0.05) is 47.4 Å². The second-order valence-corrected chi connectivity index (χ2v) is 8.08. The first-order chi connectivity index (χ1) is 15.5. The number of amides is 1. The van der Waals surface area contributed by atoms with E-state index in [1.54, 1.807) is 30.7 Å². The Hall–Kier alpha value is -4.06. The number of rotatable bonds is 4. The van der Waals surface area contributed by atoms with Gasteiger partial charge >= 0.3 is 0 Å². The molecule has 1 amide bonds. The summed E-state index contributed by atoms with van der Waals surface area (Å²) in [7, 11) is 0. The summed E-state index contributed by atoms with van der Waals surface area (Å²) in [5.41, 5.74) is 8.85. The highest BCUT2D eigenvalue weighted by molar-refractivity contribution is 5.96. The molecule has 1 aliphatic rings. The van der Waals surface area contributed by atoms with Gasteiger partial charge in [-0.05, 0) is 71.6 Å². The minimum Gasteiger partial charge on any atom is -0.377 e. The number of dihydropyridines is 1. The summed E-state index contributed by atoms with van der Waals surface area (Å²) >= 11 is 0. The van der Waals surface area contributed by atoms with Crippen molar-refractivity contribution in [3.8, 4) is 0 Å². The van der Waals surface area contributed by atoms with Gasteiger partial charge in [0.1, 0.15) is 5.82 Å². The third kappa shape index (κ3) is 3.30. The van der Waals surface area contributed by atoms with Crippen LogP contribution in [0, 0.1) is 5.82 Å². The van der Waals surface area contributed by atoms with Crippen molar-refractivity contribution >= 4 is 27.6 Å². The molecule has 3 N–H and O–H groups in total. The number of aromatic nitrogens is 2. The van der Waals surface area contributed by atoms with Gasteiger partial charge in [-0.15, -0.1) is 0 Å². The van der Waals surface area contributed by atoms with Crippen LogP contribution in [0.2, 0.25) is 0 Å². The lowest BCUT2D eigenvalue weighted by molar-refractivity contribution is -0.114. The maximum absolute atomic E-state index is 13.6. The molecule has 0 aliphatic carbocycles. The van der Waals surface area contributed by atoms with Crippen molar-refractivity contribution < 1.29 is 9.18 Å². The maximum atomic E-state index is 13.6. The van der Waals surface area contributed by atoms with Crippen LogP contribution in [0.1, 0.15) is 18.1 Å². The first-order valence-corrected chi connectivity index (χ1v) is 10.3. The van der Waals surface area contributed by atoms with Crippen molar-refractivity contribution in [2.75, 3.05) is 0 Å². The van der Waals surface area contributed by atoms with Crippen molar-refractivity contribution in [3.05, 3.63) is 107 Å². The summed E-state index contributed by atoms with van der Waals surface area (Å²) in [6.45, 7) is 1.93. The molecule has 2 aromatic carbocycles. The maximum Gasteiger partial charge on any atom is 0.248 e. The number of hydrogen-bond donors (Lipinski definition) is 2. The highest BCUT2D eigenvalue weighted by atomic mass is 19.1. The van der Waals surface area contributed by atoms with E-state index in [1.165, 1.54) is 12.1 Å². The second kappa shape index (κ2) is 7.57. The monoisotopic (exact) mass is 424 g/mol. The SMILES string of the molecule is CC1=C(C(N)=O)C=CNC1(Cc1cnc2cc(F)ccc2c1)c1ccc2cnccc2c1. The van der Waals surface area contributed by atoms with Crippen LogP contribution < -0.4 is 11.1 Å². The van der Waals surface area contributed by atoms with Crippen LogP contribution in [-0.2, 0) is 16.8 Å². The van der Waals surface area contributed by atoms with Gasteiger partial charge in [0.25, 0.3) is 0 Å². The van der Waals surface area contributed by atoms with Crippen LogP contribution in [0.4, 0.5) is 4.39 Å². The largest absolute Gasteiger partial charge is 0.377 e. The van der Waals surface area contributed by atoms with E-state index in [4.69, 9.17) is 5.73 Å². The molecule has 0 saturated carbocycles. The Bertz CT molecular complexity index is 1440. The highest BCUT2D eigenvalue weighted by Gasteiger charge is 2.38. The number of nitrogens with one attached hydrogen (secondary N) is 1. The number of nitrogens with zero attached hydrogens (tertiary/aromatic N) is 2. The van der Waals surface area contributed by atoms with Gasteiger partial charge in [-0.25, -0.2) is 4.39 Å². The number of pyridine rings is 2. The van der Waals surface area contributed by atoms with Gasteiger partial charge in [-0.3, -0.25) is 14.8 Å². The molecule has 6 heteroatoms. The molecule has 4 aromatic rings. The van der Waals surface area contributed by atoms with E-state index in [2.05, 4.69) is 21.4 Å². The Morgan fingerprint density at radius 3 is 2.75 bits per heavy atom. The van der Waals surface area contributed by atoms with Crippen LogP contribution in [0.5, 0.6) is 0 Å². The third-order valence-corrected chi connectivity index (χ3v) is 6.19. The Morgan fingerprint density at radius 2 is 1.91 bits per heavy atom. The summed E-state index contributed by atoms with van der Waals surface area (Å²) in [4.78, 5) is 20.8. The molecule has 0 fully saturated rings. The van der Waals surface area contributed by atoms with E-state index in [1.807, 2.05) is 37.4 Å². The number of fused-ring (bicyclic) bond motifs is 2. The lowest BCUT2D eigenvalue weighted by Gasteiger charge is -2.39. The van der Waals surface area contributed by atoms with Gasteiger partial charge in [0.15, 0.2) is 0 Å². The van der Waals surface area contributed by atoms with Gasteiger partial charge in [0.05, 0.1) is 11.1 Å². The Balaban J connectivity index is 1.69. The zero-order valence-corrected chi connectivity index (χ0v) is 17.5. The average molecular weight is 424 g/mol. The number of primary amides is 1. The molecule has 32 heavy (non-hydrogen) atoms. The van der Waals surface area contributed by atoms with E-state index in [-0.39, 0.29) is 5.82 Å².